The van der Waals surface area contributed by atoms with Crippen molar-refractivity contribution >= 4 is 5.91 Å². The monoisotopic (exact) mass is 275 g/mol. The van der Waals surface area contributed by atoms with E-state index >= 15 is 0 Å². The van der Waals surface area contributed by atoms with Crippen molar-refractivity contribution in [1.29, 1.82) is 0 Å². The Morgan fingerprint density at radius 1 is 1.20 bits per heavy atom. The summed E-state index contributed by atoms with van der Waals surface area (Å²) in [5, 5.41) is 0. The minimum atomic E-state index is -0.542. The number of nitrogens with two attached hydrogens (primary N) is 1. The lowest BCUT2D eigenvalue weighted by molar-refractivity contribution is 0.1000. The van der Waals surface area contributed by atoms with Gasteiger partial charge in [0.1, 0.15) is 12.4 Å². The summed E-state index contributed by atoms with van der Waals surface area (Å²) in [5.74, 6) is 0.00147. The first-order valence-electron chi connectivity index (χ1n) is 5.95. The van der Waals surface area contributed by atoms with E-state index in [-0.39, 0.29) is 12.4 Å². The second kappa shape index (κ2) is 6.06. The Balaban J connectivity index is 2.15. The highest BCUT2D eigenvalue weighted by molar-refractivity contribution is 5.93. The summed E-state index contributed by atoms with van der Waals surface area (Å²) in [5.41, 5.74) is 6.23. The van der Waals surface area contributed by atoms with Crippen LogP contribution in [0.5, 0.6) is 11.5 Å². The number of amides is 1. The maximum absolute atomic E-state index is 13.0. The zero-order chi connectivity index (χ0) is 14.5. The van der Waals surface area contributed by atoms with E-state index in [1.54, 1.807) is 24.3 Å². The first kappa shape index (κ1) is 13.9. The highest BCUT2D eigenvalue weighted by Gasteiger charge is 2.09. The zero-order valence-corrected chi connectivity index (χ0v) is 10.9. The molecule has 0 atom stereocenters. The molecule has 2 rings (SSSR count). The Labute approximate surface area is 115 Å². The van der Waals surface area contributed by atoms with Crippen molar-refractivity contribution < 1.29 is 18.7 Å². The molecular formula is C15H14FNO3. The summed E-state index contributed by atoms with van der Waals surface area (Å²) in [6.07, 6.45) is 0. The number of hydrogen-bond donors (Lipinski definition) is 1. The van der Waals surface area contributed by atoms with Crippen LogP contribution in [0.3, 0.4) is 0 Å². The molecule has 0 aliphatic heterocycles. The van der Waals surface area contributed by atoms with Crippen LogP contribution in [-0.2, 0) is 6.61 Å². The normalized spacial score (nSPS) is 10.1. The number of benzene rings is 2. The van der Waals surface area contributed by atoms with Gasteiger partial charge < -0.3 is 15.2 Å². The predicted molar refractivity (Wildman–Crippen MR) is 72.2 cm³/mol. The van der Waals surface area contributed by atoms with Gasteiger partial charge in [0.25, 0.3) is 0 Å². The molecule has 0 radical (unpaired) electrons. The van der Waals surface area contributed by atoms with Crippen molar-refractivity contribution in [1.82, 2.24) is 0 Å². The molecule has 2 N–H and O–H groups in total. The summed E-state index contributed by atoms with van der Waals surface area (Å²) in [4.78, 5) is 11.1. The van der Waals surface area contributed by atoms with Crippen LogP contribution < -0.4 is 15.2 Å². The number of ether oxygens (including phenoxy) is 2. The molecule has 2 aromatic carbocycles. The van der Waals surface area contributed by atoms with Crippen LogP contribution >= 0.6 is 0 Å². The smallest absolute Gasteiger partial charge is 0.248 e. The molecule has 0 saturated carbocycles. The lowest BCUT2D eigenvalue weighted by Crippen LogP contribution is -2.11. The Morgan fingerprint density at radius 2 is 2.00 bits per heavy atom. The van der Waals surface area contributed by atoms with Gasteiger partial charge in [-0.15, -0.1) is 0 Å². The van der Waals surface area contributed by atoms with Crippen molar-refractivity contribution in [2.24, 2.45) is 5.73 Å². The molecule has 104 valence electrons. The molecule has 4 nitrogen and oxygen atoms in total. The van der Waals surface area contributed by atoms with Crippen LogP contribution in [0.1, 0.15) is 15.9 Å². The lowest BCUT2D eigenvalue weighted by Gasteiger charge is -2.11. The van der Waals surface area contributed by atoms with Gasteiger partial charge >= 0.3 is 0 Å². The minimum Gasteiger partial charge on any atom is -0.493 e. The van der Waals surface area contributed by atoms with Gasteiger partial charge in [-0.2, -0.15) is 0 Å². The van der Waals surface area contributed by atoms with Gasteiger partial charge in [0.05, 0.1) is 7.11 Å². The van der Waals surface area contributed by atoms with E-state index in [9.17, 15) is 9.18 Å². The van der Waals surface area contributed by atoms with Crippen LogP contribution in [-0.4, -0.2) is 13.0 Å². The van der Waals surface area contributed by atoms with Gasteiger partial charge in [0, 0.05) is 5.56 Å². The molecule has 0 fully saturated rings. The number of methoxy groups -OCH3 is 1. The Hall–Kier alpha value is -2.56. The molecule has 5 heteroatoms. The van der Waals surface area contributed by atoms with Crippen LogP contribution in [0.2, 0.25) is 0 Å². The van der Waals surface area contributed by atoms with Crippen molar-refractivity contribution in [3.8, 4) is 11.5 Å². The van der Waals surface area contributed by atoms with Gasteiger partial charge in [-0.05, 0) is 35.9 Å². The highest BCUT2D eigenvalue weighted by atomic mass is 19.1. The summed E-state index contributed by atoms with van der Waals surface area (Å²) >= 11 is 0. The fourth-order valence-corrected chi connectivity index (χ4v) is 1.73. The first-order chi connectivity index (χ1) is 9.60. The molecule has 0 aromatic heterocycles. The number of hydrogen-bond acceptors (Lipinski definition) is 3. The third kappa shape index (κ3) is 3.26. The molecule has 0 saturated heterocycles. The molecule has 0 aliphatic rings. The van der Waals surface area contributed by atoms with Crippen LogP contribution in [0.4, 0.5) is 4.39 Å². The van der Waals surface area contributed by atoms with E-state index in [1.165, 1.54) is 25.3 Å². The summed E-state index contributed by atoms with van der Waals surface area (Å²) < 4.78 is 23.8. The van der Waals surface area contributed by atoms with Gasteiger partial charge in [-0.1, -0.05) is 12.1 Å². The third-order valence-electron chi connectivity index (χ3n) is 2.73. The van der Waals surface area contributed by atoms with Crippen LogP contribution in [0, 0.1) is 5.82 Å². The maximum Gasteiger partial charge on any atom is 0.248 e. The minimum absolute atomic E-state index is 0.198. The van der Waals surface area contributed by atoms with Crippen molar-refractivity contribution in [2.75, 3.05) is 7.11 Å². The van der Waals surface area contributed by atoms with Gasteiger partial charge in [-0.3, -0.25) is 4.79 Å². The molecule has 2 aromatic rings. The molecule has 0 bridgehead atoms. The maximum atomic E-state index is 13.0. The number of rotatable bonds is 5. The molecular weight excluding hydrogens is 261 g/mol. The summed E-state index contributed by atoms with van der Waals surface area (Å²) in [7, 11) is 1.47. The Bertz CT molecular complexity index is 628. The first-order valence-corrected chi connectivity index (χ1v) is 5.95. The van der Waals surface area contributed by atoms with E-state index in [0.29, 0.717) is 22.6 Å². The molecule has 1 amide bonds. The Kier molecular flexibility index (Phi) is 4.20. The summed E-state index contributed by atoms with van der Waals surface area (Å²) in [6.45, 7) is 0.198. The Morgan fingerprint density at radius 3 is 2.65 bits per heavy atom. The largest absolute Gasteiger partial charge is 0.493 e. The van der Waals surface area contributed by atoms with E-state index in [2.05, 4.69) is 0 Å². The van der Waals surface area contributed by atoms with E-state index in [4.69, 9.17) is 15.2 Å². The van der Waals surface area contributed by atoms with Gasteiger partial charge in [0.15, 0.2) is 11.5 Å². The topological polar surface area (TPSA) is 61.5 Å². The standard InChI is InChI=1S/C15H14FNO3/c1-19-14-8-11(15(17)18)5-6-13(14)20-9-10-3-2-4-12(16)7-10/h2-8H,9H2,1H3,(H2,17,18). The van der Waals surface area contributed by atoms with Crippen molar-refractivity contribution in [3.63, 3.8) is 0 Å². The number of carbonyl (C=O) groups is 1. The van der Waals surface area contributed by atoms with E-state index in [0.717, 1.165) is 0 Å². The molecule has 0 aliphatic carbocycles. The van der Waals surface area contributed by atoms with Gasteiger partial charge in [-0.25, -0.2) is 4.39 Å². The zero-order valence-electron chi connectivity index (χ0n) is 10.9. The highest BCUT2D eigenvalue weighted by Crippen LogP contribution is 2.28. The van der Waals surface area contributed by atoms with Crippen molar-refractivity contribution in [2.45, 2.75) is 6.61 Å². The number of halogens is 1. The van der Waals surface area contributed by atoms with E-state index < -0.39 is 5.91 Å². The number of primary amides is 1. The predicted octanol–water partition coefficient (Wildman–Crippen LogP) is 2.51. The molecule has 20 heavy (non-hydrogen) atoms. The second-order valence-corrected chi connectivity index (χ2v) is 4.15. The lowest BCUT2D eigenvalue weighted by atomic mass is 10.2. The van der Waals surface area contributed by atoms with Crippen molar-refractivity contribution in [3.05, 3.63) is 59.4 Å². The quantitative estimate of drug-likeness (QED) is 0.912. The average Bonchev–Trinajstić information content (AvgIpc) is 2.45. The second-order valence-electron chi connectivity index (χ2n) is 4.15. The van der Waals surface area contributed by atoms with E-state index in [1.807, 2.05) is 0 Å². The van der Waals surface area contributed by atoms with Crippen LogP contribution in [0.15, 0.2) is 42.5 Å². The molecule has 0 spiro atoms. The van der Waals surface area contributed by atoms with Gasteiger partial charge in [0.2, 0.25) is 5.91 Å². The average molecular weight is 275 g/mol. The molecule has 0 unspecified atom stereocenters. The summed E-state index contributed by atoms with van der Waals surface area (Å²) in [6, 6.07) is 10.8. The number of carbonyl (C=O) groups excluding carboxylic acids is 1. The third-order valence-corrected chi connectivity index (χ3v) is 2.73. The fraction of sp³-hybridized carbons (Fsp3) is 0.133. The SMILES string of the molecule is COc1cc(C(N)=O)ccc1OCc1cccc(F)c1. The fourth-order valence-electron chi connectivity index (χ4n) is 1.73. The molecule has 0 heterocycles. The van der Waals surface area contributed by atoms with Crippen LogP contribution in [0.25, 0.3) is 0 Å².